The van der Waals surface area contributed by atoms with Gasteiger partial charge in [-0.25, -0.2) is 9.37 Å². The first-order valence-electron chi connectivity index (χ1n) is 10.3. The third-order valence-electron chi connectivity index (χ3n) is 6.29. The van der Waals surface area contributed by atoms with Crippen LogP contribution in [0.25, 0.3) is 11.3 Å². The standard InChI is InChI=1S/C21H24FN5O2/c22-18-12-9-24-21(29)17(12)19(11-8-15-16(28)6-3-7-27(15)10-11)26-20(18)25-14-5-2-1-4-13(14)23/h8,10,13-14H,1-7,9,23H2,(H,24,29)(H,25,26). The molecule has 8 heteroatoms. The lowest BCUT2D eigenvalue weighted by Crippen LogP contribution is -2.43. The topological polar surface area (TPSA) is 102 Å². The van der Waals surface area contributed by atoms with Gasteiger partial charge in [0, 0.05) is 48.9 Å². The maximum Gasteiger partial charge on any atom is 0.254 e. The largest absolute Gasteiger partial charge is 0.363 e. The second kappa shape index (κ2) is 6.95. The number of nitrogens with one attached hydrogen (secondary N) is 2. The lowest BCUT2D eigenvalue weighted by molar-refractivity contribution is 0.0951. The highest BCUT2D eigenvalue weighted by Gasteiger charge is 2.33. The van der Waals surface area contributed by atoms with Crippen LogP contribution in [0, 0.1) is 5.82 Å². The Hall–Kier alpha value is -2.74. The number of carbonyl (C=O) groups excluding carboxylic acids is 2. The molecule has 3 aliphatic rings. The molecule has 5 rings (SSSR count). The molecule has 29 heavy (non-hydrogen) atoms. The van der Waals surface area contributed by atoms with Gasteiger partial charge in [0.15, 0.2) is 17.4 Å². The van der Waals surface area contributed by atoms with Crippen LogP contribution in [0.3, 0.4) is 0 Å². The Morgan fingerprint density at radius 3 is 2.86 bits per heavy atom. The number of ketones is 1. The van der Waals surface area contributed by atoms with Crippen LogP contribution >= 0.6 is 0 Å². The molecule has 0 bridgehead atoms. The molecule has 7 nitrogen and oxygen atoms in total. The molecule has 1 amide bonds. The molecular weight excluding hydrogens is 373 g/mol. The zero-order chi connectivity index (χ0) is 20.1. The number of nitrogens with zero attached hydrogens (tertiary/aromatic N) is 2. The van der Waals surface area contributed by atoms with E-state index in [1.54, 1.807) is 6.07 Å². The molecule has 0 spiro atoms. The molecule has 1 saturated carbocycles. The van der Waals surface area contributed by atoms with Gasteiger partial charge >= 0.3 is 0 Å². The van der Waals surface area contributed by atoms with Crippen LogP contribution in [-0.4, -0.2) is 33.3 Å². The first-order chi connectivity index (χ1) is 14.0. The number of amides is 1. The second-order valence-electron chi connectivity index (χ2n) is 8.19. The van der Waals surface area contributed by atoms with E-state index in [1.807, 2.05) is 10.8 Å². The number of aryl methyl sites for hydroxylation is 1. The summed E-state index contributed by atoms with van der Waals surface area (Å²) >= 11 is 0. The van der Waals surface area contributed by atoms with E-state index in [-0.39, 0.29) is 41.7 Å². The maximum atomic E-state index is 15.2. The van der Waals surface area contributed by atoms with Gasteiger partial charge in [0.25, 0.3) is 5.91 Å². The number of carbonyl (C=O) groups is 2. The maximum absolute atomic E-state index is 15.2. The normalized spacial score (nSPS) is 23.5. The van der Waals surface area contributed by atoms with Crippen LogP contribution in [0.15, 0.2) is 12.3 Å². The molecule has 2 unspecified atom stereocenters. The molecule has 4 heterocycles. The SMILES string of the molecule is NC1CCCCC1Nc1nc(-c2cc3n(c2)CCCC3=O)c2c(c1F)CNC2=O. The first kappa shape index (κ1) is 18.3. The molecular formula is C21H24FN5O2. The minimum Gasteiger partial charge on any atom is -0.363 e. The van der Waals surface area contributed by atoms with Crippen molar-refractivity contribution in [2.75, 3.05) is 5.32 Å². The number of halogens is 1. The summed E-state index contributed by atoms with van der Waals surface area (Å²) in [6, 6.07) is 1.66. The summed E-state index contributed by atoms with van der Waals surface area (Å²) in [4.78, 5) is 29.2. The van der Waals surface area contributed by atoms with Gasteiger partial charge in [0.05, 0.1) is 17.0 Å². The van der Waals surface area contributed by atoms with Crippen molar-refractivity contribution in [2.45, 2.75) is 63.7 Å². The second-order valence-corrected chi connectivity index (χ2v) is 8.19. The van der Waals surface area contributed by atoms with Crippen LogP contribution in [0.4, 0.5) is 10.2 Å². The lowest BCUT2D eigenvalue weighted by atomic mass is 9.91. The Balaban J connectivity index is 1.60. The molecule has 0 radical (unpaired) electrons. The Kier molecular flexibility index (Phi) is 4.38. The molecule has 2 atom stereocenters. The van der Waals surface area contributed by atoms with Gasteiger partial charge in [-0.2, -0.15) is 0 Å². The fourth-order valence-corrected chi connectivity index (χ4v) is 4.70. The lowest BCUT2D eigenvalue weighted by Gasteiger charge is -2.30. The highest BCUT2D eigenvalue weighted by Crippen LogP contribution is 2.35. The highest BCUT2D eigenvalue weighted by atomic mass is 19.1. The Bertz CT molecular complexity index is 1010. The van der Waals surface area contributed by atoms with Gasteiger partial charge in [-0.1, -0.05) is 12.8 Å². The average molecular weight is 397 g/mol. The number of fused-ring (bicyclic) bond motifs is 2. The van der Waals surface area contributed by atoms with Gasteiger partial charge in [0.1, 0.15) is 0 Å². The van der Waals surface area contributed by atoms with Crippen LogP contribution in [0.1, 0.15) is 64.9 Å². The number of rotatable bonds is 3. The minimum atomic E-state index is -0.500. The van der Waals surface area contributed by atoms with Crippen LogP contribution in [0.2, 0.25) is 0 Å². The third kappa shape index (κ3) is 3.02. The molecule has 0 saturated heterocycles. The quantitative estimate of drug-likeness (QED) is 0.739. The summed E-state index contributed by atoms with van der Waals surface area (Å²) in [5.74, 6) is -0.622. The zero-order valence-corrected chi connectivity index (χ0v) is 16.1. The number of hydrogen-bond donors (Lipinski definition) is 3. The van der Waals surface area contributed by atoms with Crippen molar-refractivity contribution in [1.29, 1.82) is 0 Å². The van der Waals surface area contributed by atoms with Gasteiger partial charge in [0.2, 0.25) is 0 Å². The monoisotopic (exact) mass is 397 g/mol. The minimum absolute atomic E-state index is 0.0504. The number of hydrogen-bond acceptors (Lipinski definition) is 5. The van der Waals surface area contributed by atoms with Crippen molar-refractivity contribution in [3.63, 3.8) is 0 Å². The van der Waals surface area contributed by atoms with Crippen molar-refractivity contribution in [1.82, 2.24) is 14.9 Å². The summed E-state index contributed by atoms with van der Waals surface area (Å²) < 4.78 is 17.1. The van der Waals surface area contributed by atoms with E-state index in [0.29, 0.717) is 28.9 Å². The number of aromatic nitrogens is 2. The third-order valence-corrected chi connectivity index (χ3v) is 6.29. The predicted molar refractivity (Wildman–Crippen MR) is 106 cm³/mol. The van der Waals surface area contributed by atoms with E-state index in [4.69, 9.17) is 5.73 Å². The summed E-state index contributed by atoms with van der Waals surface area (Å²) in [5, 5.41) is 5.90. The van der Waals surface area contributed by atoms with E-state index in [0.717, 1.165) is 38.6 Å². The molecule has 152 valence electrons. The fourth-order valence-electron chi connectivity index (χ4n) is 4.70. The van der Waals surface area contributed by atoms with Crippen molar-refractivity contribution < 1.29 is 14.0 Å². The molecule has 2 aromatic rings. The van der Waals surface area contributed by atoms with E-state index in [1.165, 1.54) is 0 Å². The zero-order valence-electron chi connectivity index (χ0n) is 16.1. The highest BCUT2D eigenvalue weighted by molar-refractivity contribution is 6.05. The van der Waals surface area contributed by atoms with Crippen LogP contribution in [0.5, 0.6) is 0 Å². The van der Waals surface area contributed by atoms with E-state index < -0.39 is 5.82 Å². The van der Waals surface area contributed by atoms with E-state index in [9.17, 15) is 9.59 Å². The Morgan fingerprint density at radius 2 is 2.07 bits per heavy atom. The number of anilines is 1. The first-order valence-corrected chi connectivity index (χ1v) is 10.3. The summed E-state index contributed by atoms with van der Waals surface area (Å²) in [7, 11) is 0. The molecule has 4 N–H and O–H groups in total. The smallest absolute Gasteiger partial charge is 0.254 e. The van der Waals surface area contributed by atoms with Crippen molar-refractivity contribution in [3.05, 3.63) is 34.9 Å². The fraction of sp³-hybridized carbons (Fsp3) is 0.476. The Morgan fingerprint density at radius 1 is 1.24 bits per heavy atom. The van der Waals surface area contributed by atoms with Crippen LogP contribution < -0.4 is 16.4 Å². The molecule has 1 aliphatic carbocycles. The van der Waals surface area contributed by atoms with Gasteiger partial charge < -0.3 is 20.9 Å². The van der Waals surface area contributed by atoms with Gasteiger partial charge in [-0.3, -0.25) is 9.59 Å². The molecule has 1 fully saturated rings. The van der Waals surface area contributed by atoms with E-state index in [2.05, 4.69) is 15.6 Å². The molecule has 2 aromatic heterocycles. The van der Waals surface area contributed by atoms with Crippen LogP contribution in [-0.2, 0) is 13.1 Å². The van der Waals surface area contributed by atoms with Gasteiger partial charge in [-0.15, -0.1) is 0 Å². The summed E-state index contributed by atoms with van der Waals surface area (Å²) in [5.41, 5.74) is 8.50. The van der Waals surface area contributed by atoms with Crippen molar-refractivity contribution in [2.24, 2.45) is 5.73 Å². The molecule has 0 aromatic carbocycles. The van der Waals surface area contributed by atoms with E-state index >= 15 is 4.39 Å². The van der Waals surface area contributed by atoms with Crippen molar-refractivity contribution in [3.8, 4) is 11.3 Å². The predicted octanol–water partition coefficient (Wildman–Crippen LogP) is 2.59. The molecule has 2 aliphatic heterocycles. The number of Topliss-reactive ketones (excluding diaryl/α,β-unsaturated/α-hetero) is 1. The summed E-state index contributed by atoms with van der Waals surface area (Å²) in [6.07, 6.45) is 7.03. The van der Waals surface area contributed by atoms with Crippen molar-refractivity contribution >= 4 is 17.5 Å². The number of pyridine rings is 1. The number of nitrogens with two attached hydrogens (primary N) is 1. The van der Waals surface area contributed by atoms with Gasteiger partial charge in [-0.05, 0) is 25.3 Å². The average Bonchev–Trinajstić information content (AvgIpc) is 3.31. The summed E-state index contributed by atoms with van der Waals surface area (Å²) in [6.45, 7) is 0.881. The Labute approximate surface area is 167 Å².